The molecule has 0 radical (unpaired) electrons. The molecule has 20 heavy (non-hydrogen) atoms. The van der Waals surface area contributed by atoms with E-state index in [1.165, 1.54) is 7.11 Å². The monoisotopic (exact) mass is 403 g/mol. The molecule has 2 rings (SSSR count). The van der Waals surface area contributed by atoms with Crippen molar-refractivity contribution < 1.29 is 14.3 Å². The van der Waals surface area contributed by atoms with E-state index in [0.717, 1.165) is 21.8 Å². The van der Waals surface area contributed by atoms with Crippen LogP contribution in [0.1, 0.15) is 23.2 Å². The van der Waals surface area contributed by atoms with Crippen LogP contribution < -0.4 is 0 Å². The predicted octanol–water partition coefficient (Wildman–Crippen LogP) is 3.24. The first-order valence-corrected chi connectivity index (χ1v) is 7.93. The number of amides is 1. The summed E-state index contributed by atoms with van der Waals surface area (Å²) in [5.74, 6) is -0.508. The van der Waals surface area contributed by atoms with E-state index in [2.05, 4.69) is 31.9 Å². The molecule has 1 amide bonds. The summed E-state index contributed by atoms with van der Waals surface area (Å²) in [6.07, 6.45) is 1.60. The van der Waals surface area contributed by atoms with Gasteiger partial charge in [-0.15, -0.1) is 0 Å². The summed E-state index contributed by atoms with van der Waals surface area (Å²) in [7, 11) is 1.38. The number of benzene rings is 1. The first-order chi connectivity index (χ1) is 9.51. The van der Waals surface area contributed by atoms with Crippen molar-refractivity contribution in [3.8, 4) is 0 Å². The number of rotatable bonds is 2. The van der Waals surface area contributed by atoms with Gasteiger partial charge in [-0.25, -0.2) is 0 Å². The maximum absolute atomic E-state index is 12.5. The molecule has 0 saturated carbocycles. The number of hydrogen-bond donors (Lipinski definition) is 0. The molecule has 1 aliphatic rings. The van der Waals surface area contributed by atoms with Gasteiger partial charge in [-0.05, 0) is 31.0 Å². The van der Waals surface area contributed by atoms with Crippen LogP contribution in [0.25, 0.3) is 0 Å². The minimum atomic E-state index is -0.238. The van der Waals surface area contributed by atoms with Crippen LogP contribution in [0.3, 0.4) is 0 Å². The number of carbonyl (C=O) groups excluding carboxylic acids is 2. The molecule has 1 heterocycles. The zero-order valence-electron chi connectivity index (χ0n) is 11.1. The Morgan fingerprint density at radius 2 is 1.90 bits per heavy atom. The van der Waals surface area contributed by atoms with Crippen molar-refractivity contribution in [1.29, 1.82) is 0 Å². The Bertz CT molecular complexity index is 513. The number of methoxy groups -OCH3 is 1. The van der Waals surface area contributed by atoms with Crippen LogP contribution >= 0.6 is 31.9 Å². The van der Waals surface area contributed by atoms with Crippen LogP contribution in [0.2, 0.25) is 0 Å². The number of hydrogen-bond acceptors (Lipinski definition) is 3. The molecule has 108 valence electrons. The van der Waals surface area contributed by atoms with E-state index < -0.39 is 0 Å². The number of esters is 1. The fourth-order valence-corrected chi connectivity index (χ4v) is 3.67. The minimum Gasteiger partial charge on any atom is -0.469 e. The van der Waals surface area contributed by atoms with Crippen LogP contribution in [0.4, 0.5) is 0 Å². The lowest BCUT2D eigenvalue weighted by Gasteiger charge is -2.31. The van der Waals surface area contributed by atoms with E-state index in [9.17, 15) is 9.59 Å². The average Bonchev–Trinajstić information content (AvgIpc) is 2.44. The zero-order chi connectivity index (χ0) is 14.7. The molecule has 1 fully saturated rings. The molecule has 1 saturated heterocycles. The number of nitrogens with zero attached hydrogens (tertiary/aromatic N) is 1. The van der Waals surface area contributed by atoms with E-state index >= 15 is 0 Å². The molecular formula is C14H15Br2NO3. The molecule has 0 N–H and O–H groups in total. The van der Waals surface area contributed by atoms with Gasteiger partial charge in [0.1, 0.15) is 0 Å². The quantitative estimate of drug-likeness (QED) is 0.711. The fourth-order valence-electron chi connectivity index (χ4n) is 2.38. The summed E-state index contributed by atoms with van der Waals surface area (Å²) in [6, 6.07) is 5.45. The van der Waals surface area contributed by atoms with Gasteiger partial charge in [-0.2, -0.15) is 0 Å². The third-order valence-corrected chi connectivity index (χ3v) is 4.27. The topological polar surface area (TPSA) is 46.6 Å². The van der Waals surface area contributed by atoms with E-state index in [4.69, 9.17) is 4.74 Å². The van der Waals surface area contributed by atoms with Gasteiger partial charge in [0, 0.05) is 27.6 Å². The van der Waals surface area contributed by atoms with Gasteiger partial charge in [-0.1, -0.05) is 31.9 Å². The van der Waals surface area contributed by atoms with Crippen LogP contribution in [0.5, 0.6) is 0 Å². The highest BCUT2D eigenvalue weighted by Gasteiger charge is 2.29. The summed E-state index contributed by atoms with van der Waals surface area (Å²) in [5, 5.41) is 0. The van der Waals surface area contributed by atoms with Gasteiger partial charge in [0.2, 0.25) is 0 Å². The van der Waals surface area contributed by atoms with Gasteiger partial charge < -0.3 is 9.64 Å². The van der Waals surface area contributed by atoms with E-state index in [1.54, 1.807) is 17.0 Å². The molecular weight excluding hydrogens is 390 g/mol. The third kappa shape index (κ3) is 3.61. The molecule has 1 aliphatic heterocycles. The van der Waals surface area contributed by atoms with Crippen LogP contribution in [0.15, 0.2) is 27.1 Å². The molecule has 1 aromatic rings. The molecule has 1 aromatic carbocycles. The molecule has 4 nitrogen and oxygen atoms in total. The van der Waals surface area contributed by atoms with Gasteiger partial charge in [0.05, 0.1) is 13.0 Å². The Labute approximate surface area is 134 Å². The number of carbonyl (C=O) groups is 2. The van der Waals surface area contributed by atoms with Crippen molar-refractivity contribution in [2.45, 2.75) is 12.8 Å². The molecule has 0 spiro atoms. The maximum Gasteiger partial charge on any atom is 0.310 e. The van der Waals surface area contributed by atoms with Crippen molar-refractivity contribution in [1.82, 2.24) is 4.90 Å². The molecule has 0 bridgehead atoms. The molecule has 1 atom stereocenters. The molecule has 6 heteroatoms. The van der Waals surface area contributed by atoms with Crippen LogP contribution in [-0.2, 0) is 9.53 Å². The summed E-state index contributed by atoms with van der Waals surface area (Å²) in [5.41, 5.74) is 0.608. The van der Waals surface area contributed by atoms with E-state index in [-0.39, 0.29) is 17.8 Å². The lowest BCUT2D eigenvalue weighted by molar-refractivity contribution is -0.146. The number of ether oxygens (including phenoxy) is 1. The highest BCUT2D eigenvalue weighted by atomic mass is 79.9. The Balaban J connectivity index is 2.14. The van der Waals surface area contributed by atoms with Gasteiger partial charge in [0.15, 0.2) is 0 Å². The van der Waals surface area contributed by atoms with Gasteiger partial charge in [0.25, 0.3) is 5.91 Å². The van der Waals surface area contributed by atoms with E-state index in [1.807, 2.05) is 6.07 Å². The number of likely N-dealkylation sites (tertiary alicyclic amines) is 1. The lowest BCUT2D eigenvalue weighted by atomic mass is 9.97. The fraction of sp³-hybridized carbons (Fsp3) is 0.429. The summed E-state index contributed by atoms with van der Waals surface area (Å²) in [6.45, 7) is 1.10. The van der Waals surface area contributed by atoms with Crippen molar-refractivity contribution in [2.24, 2.45) is 5.92 Å². The van der Waals surface area contributed by atoms with Crippen molar-refractivity contribution in [2.75, 3.05) is 20.2 Å². The Morgan fingerprint density at radius 3 is 2.50 bits per heavy atom. The first-order valence-electron chi connectivity index (χ1n) is 6.34. The predicted molar refractivity (Wildman–Crippen MR) is 82.5 cm³/mol. The molecule has 0 aromatic heterocycles. The highest BCUT2D eigenvalue weighted by Crippen LogP contribution is 2.24. The van der Waals surface area contributed by atoms with E-state index in [0.29, 0.717) is 18.7 Å². The van der Waals surface area contributed by atoms with Crippen molar-refractivity contribution in [3.63, 3.8) is 0 Å². The second-order valence-corrected chi connectivity index (χ2v) is 6.60. The van der Waals surface area contributed by atoms with Crippen molar-refractivity contribution >= 4 is 43.7 Å². The number of piperidine rings is 1. The summed E-state index contributed by atoms with van der Waals surface area (Å²) in [4.78, 5) is 25.8. The Hall–Kier alpha value is -0.880. The summed E-state index contributed by atoms with van der Waals surface area (Å²) < 4.78 is 6.46. The second-order valence-electron chi connectivity index (χ2n) is 4.77. The largest absolute Gasteiger partial charge is 0.469 e. The Morgan fingerprint density at radius 1 is 1.25 bits per heavy atom. The lowest BCUT2D eigenvalue weighted by Crippen LogP contribution is -2.42. The van der Waals surface area contributed by atoms with Gasteiger partial charge in [-0.3, -0.25) is 9.59 Å². The highest BCUT2D eigenvalue weighted by molar-refractivity contribution is 9.11. The Kier molecular flexibility index (Phi) is 5.21. The smallest absolute Gasteiger partial charge is 0.310 e. The van der Waals surface area contributed by atoms with Gasteiger partial charge >= 0.3 is 5.97 Å². The van der Waals surface area contributed by atoms with Crippen LogP contribution in [0, 0.1) is 5.92 Å². The van der Waals surface area contributed by atoms with Crippen molar-refractivity contribution in [3.05, 3.63) is 32.7 Å². The molecule has 1 unspecified atom stereocenters. The SMILES string of the molecule is COC(=O)C1CCCN(C(=O)c2cc(Br)cc(Br)c2)C1. The average molecular weight is 405 g/mol. The zero-order valence-corrected chi connectivity index (χ0v) is 14.2. The standard InChI is InChI=1S/C14H15Br2NO3/c1-20-14(19)9-3-2-4-17(8-9)13(18)10-5-11(15)7-12(16)6-10/h5-7,9H,2-4,8H2,1H3. The second kappa shape index (κ2) is 6.72. The molecule has 0 aliphatic carbocycles. The first kappa shape index (κ1) is 15.5. The number of halogens is 2. The minimum absolute atomic E-state index is 0.0550. The third-order valence-electron chi connectivity index (χ3n) is 3.35. The maximum atomic E-state index is 12.5. The summed E-state index contributed by atoms with van der Waals surface area (Å²) >= 11 is 6.75. The normalized spacial score (nSPS) is 18.8. The van der Waals surface area contributed by atoms with Crippen LogP contribution in [-0.4, -0.2) is 37.0 Å².